The van der Waals surface area contributed by atoms with Crippen molar-refractivity contribution in [2.75, 3.05) is 0 Å². The summed E-state index contributed by atoms with van der Waals surface area (Å²) in [5, 5.41) is 1.62. The number of hydrogen-bond acceptors (Lipinski definition) is 2. The molecule has 128 valence electrons. The molecule has 0 fully saturated rings. The van der Waals surface area contributed by atoms with Crippen LogP contribution in [0.1, 0.15) is 15.9 Å². The van der Waals surface area contributed by atoms with Gasteiger partial charge in [-0.1, -0.05) is 47.5 Å². The van der Waals surface area contributed by atoms with Gasteiger partial charge < -0.3 is 4.57 Å². The molecule has 0 saturated carbocycles. The molecule has 0 saturated heterocycles. The number of hydrazine groups is 1. The summed E-state index contributed by atoms with van der Waals surface area (Å²) in [4.78, 5) is 24.4. The molecule has 2 amide bonds. The van der Waals surface area contributed by atoms with Crippen molar-refractivity contribution < 1.29 is 9.59 Å². The van der Waals surface area contributed by atoms with Gasteiger partial charge in [0.15, 0.2) is 0 Å². The Labute approximate surface area is 154 Å². The maximum Gasteiger partial charge on any atom is 0.271 e. The first kappa shape index (κ1) is 17.3. The molecule has 0 atom stereocenters. The minimum Gasteiger partial charge on any atom is -0.350 e. The van der Waals surface area contributed by atoms with Gasteiger partial charge in [-0.15, -0.1) is 0 Å². The second kappa shape index (κ2) is 7.17. The largest absolute Gasteiger partial charge is 0.350 e. The smallest absolute Gasteiger partial charge is 0.271 e. The number of hydrogen-bond donors (Lipinski definition) is 2. The number of carbonyl (C=O) groups excluding carboxylic acids is 2. The van der Waals surface area contributed by atoms with E-state index >= 15 is 0 Å². The zero-order valence-corrected chi connectivity index (χ0v) is 14.9. The molecule has 3 aromatic rings. The topological polar surface area (TPSA) is 63.1 Å². The van der Waals surface area contributed by atoms with Crippen molar-refractivity contribution in [2.24, 2.45) is 7.05 Å². The summed E-state index contributed by atoms with van der Waals surface area (Å²) in [5.41, 5.74) is 6.75. The van der Waals surface area contributed by atoms with E-state index < -0.39 is 11.8 Å². The van der Waals surface area contributed by atoms with Crippen LogP contribution in [0.15, 0.2) is 48.7 Å². The Balaban J connectivity index is 1.69. The summed E-state index contributed by atoms with van der Waals surface area (Å²) in [6.45, 7) is 0. The molecule has 25 heavy (non-hydrogen) atoms. The van der Waals surface area contributed by atoms with Gasteiger partial charge in [0, 0.05) is 34.2 Å². The third kappa shape index (κ3) is 3.62. The van der Waals surface area contributed by atoms with Gasteiger partial charge in [-0.3, -0.25) is 20.4 Å². The van der Waals surface area contributed by atoms with Crippen LogP contribution in [0.3, 0.4) is 0 Å². The van der Waals surface area contributed by atoms with E-state index in [1.165, 1.54) is 0 Å². The third-order valence-electron chi connectivity index (χ3n) is 3.86. The standard InChI is InChI=1S/C18H15Cl2N3O2/c1-23-10-13(11-5-2-3-8-16(11)23)18(25)22-21-17(24)9-12-14(19)6-4-7-15(12)20/h2-8,10H,9H2,1H3,(H,21,24)(H,22,25). The number of fused-ring (bicyclic) bond motifs is 1. The van der Waals surface area contributed by atoms with Crippen molar-refractivity contribution in [2.45, 2.75) is 6.42 Å². The molecule has 5 nitrogen and oxygen atoms in total. The lowest BCUT2D eigenvalue weighted by Gasteiger charge is -2.09. The monoisotopic (exact) mass is 375 g/mol. The summed E-state index contributed by atoms with van der Waals surface area (Å²) < 4.78 is 1.86. The summed E-state index contributed by atoms with van der Waals surface area (Å²) >= 11 is 12.1. The fourth-order valence-electron chi connectivity index (χ4n) is 2.62. The summed E-state index contributed by atoms with van der Waals surface area (Å²) in [7, 11) is 1.86. The number of aryl methyl sites for hydroxylation is 1. The minimum absolute atomic E-state index is 0.0334. The Morgan fingerprint density at radius 1 is 1.00 bits per heavy atom. The predicted octanol–water partition coefficient (Wildman–Crippen LogP) is 3.49. The number of halogens is 2. The van der Waals surface area contributed by atoms with E-state index in [0.717, 1.165) is 10.9 Å². The lowest BCUT2D eigenvalue weighted by Crippen LogP contribution is -2.42. The molecular formula is C18H15Cl2N3O2. The van der Waals surface area contributed by atoms with Gasteiger partial charge in [0.25, 0.3) is 5.91 Å². The number of benzene rings is 2. The van der Waals surface area contributed by atoms with E-state index in [4.69, 9.17) is 23.2 Å². The summed E-state index contributed by atoms with van der Waals surface area (Å²) in [6, 6.07) is 12.6. The molecule has 0 aliphatic carbocycles. The second-order valence-electron chi connectivity index (χ2n) is 5.55. The summed E-state index contributed by atoms with van der Waals surface area (Å²) in [5.74, 6) is -0.806. The zero-order valence-electron chi connectivity index (χ0n) is 13.3. The molecule has 2 N–H and O–H groups in total. The highest BCUT2D eigenvalue weighted by atomic mass is 35.5. The number of para-hydroxylation sites is 1. The van der Waals surface area contributed by atoms with Gasteiger partial charge >= 0.3 is 0 Å². The van der Waals surface area contributed by atoms with E-state index in [1.54, 1.807) is 24.4 Å². The average Bonchev–Trinajstić information content (AvgIpc) is 2.94. The van der Waals surface area contributed by atoms with Crippen molar-refractivity contribution in [1.29, 1.82) is 0 Å². The lowest BCUT2D eigenvalue weighted by molar-refractivity contribution is -0.121. The fourth-order valence-corrected chi connectivity index (χ4v) is 3.15. The first-order chi connectivity index (χ1) is 12.0. The molecule has 0 spiro atoms. The Bertz CT molecular complexity index is 946. The van der Waals surface area contributed by atoms with Crippen LogP contribution >= 0.6 is 23.2 Å². The highest BCUT2D eigenvalue weighted by Crippen LogP contribution is 2.24. The van der Waals surface area contributed by atoms with Crippen molar-refractivity contribution in [3.8, 4) is 0 Å². The van der Waals surface area contributed by atoms with Crippen molar-refractivity contribution in [3.05, 3.63) is 69.8 Å². The fraction of sp³-hybridized carbons (Fsp3) is 0.111. The van der Waals surface area contributed by atoms with Crippen LogP contribution in [-0.2, 0) is 18.3 Å². The summed E-state index contributed by atoms with van der Waals surface area (Å²) in [6.07, 6.45) is 1.69. The van der Waals surface area contributed by atoms with Gasteiger partial charge in [-0.2, -0.15) is 0 Å². The van der Waals surface area contributed by atoms with Gasteiger partial charge in [-0.05, 0) is 23.8 Å². The number of aromatic nitrogens is 1. The maximum atomic E-state index is 12.4. The normalized spacial score (nSPS) is 10.7. The molecule has 7 heteroatoms. The molecule has 0 radical (unpaired) electrons. The van der Waals surface area contributed by atoms with Crippen LogP contribution < -0.4 is 10.9 Å². The average molecular weight is 376 g/mol. The highest BCUT2D eigenvalue weighted by molar-refractivity contribution is 6.36. The third-order valence-corrected chi connectivity index (χ3v) is 4.56. The maximum absolute atomic E-state index is 12.4. The van der Waals surface area contributed by atoms with Crippen LogP contribution in [0.2, 0.25) is 10.0 Å². The van der Waals surface area contributed by atoms with E-state index in [1.807, 2.05) is 35.9 Å². The number of amides is 2. The van der Waals surface area contributed by atoms with Gasteiger partial charge in [-0.25, -0.2) is 0 Å². The number of carbonyl (C=O) groups is 2. The molecule has 0 aliphatic rings. The van der Waals surface area contributed by atoms with E-state index in [-0.39, 0.29) is 6.42 Å². The first-order valence-corrected chi connectivity index (χ1v) is 8.29. The molecule has 3 rings (SSSR count). The molecule has 0 unspecified atom stereocenters. The van der Waals surface area contributed by atoms with Crippen molar-refractivity contribution in [3.63, 3.8) is 0 Å². The van der Waals surface area contributed by atoms with Crippen LogP contribution in [0.5, 0.6) is 0 Å². The molecule has 0 bridgehead atoms. The molecule has 1 aromatic heterocycles. The molecule has 2 aromatic carbocycles. The number of nitrogens with zero attached hydrogens (tertiary/aromatic N) is 1. The van der Waals surface area contributed by atoms with E-state index in [0.29, 0.717) is 21.2 Å². The lowest BCUT2D eigenvalue weighted by atomic mass is 10.1. The minimum atomic E-state index is -0.413. The van der Waals surface area contributed by atoms with Gasteiger partial charge in [0.05, 0.1) is 12.0 Å². The zero-order chi connectivity index (χ0) is 18.0. The van der Waals surface area contributed by atoms with Crippen LogP contribution in [-0.4, -0.2) is 16.4 Å². The quantitative estimate of drug-likeness (QED) is 0.688. The molecule has 1 heterocycles. The van der Waals surface area contributed by atoms with Crippen LogP contribution in [0.4, 0.5) is 0 Å². The van der Waals surface area contributed by atoms with E-state index in [2.05, 4.69) is 10.9 Å². The predicted molar refractivity (Wildman–Crippen MR) is 98.7 cm³/mol. The Hall–Kier alpha value is -2.50. The Kier molecular flexibility index (Phi) is 4.97. The van der Waals surface area contributed by atoms with Crippen molar-refractivity contribution in [1.82, 2.24) is 15.4 Å². The van der Waals surface area contributed by atoms with Gasteiger partial charge in [0.2, 0.25) is 5.91 Å². The number of rotatable bonds is 3. The van der Waals surface area contributed by atoms with Crippen molar-refractivity contribution >= 4 is 45.9 Å². The van der Waals surface area contributed by atoms with E-state index in [9.17, 15) is 9.59 Å². The van der Waals surface area contributed by atoms with Crippen LogP contribution in [0, 0.1) is 0 Å². The molecule has 0 aliphatic heterocycles. The Morgan fingerprint density at radius 2 is 1.68 bits per heavy atom. The number of nitrogens with one attached hydrogen (secondary N) is 2. The van der Waals surface area contributed by atoms with Crippen LogP contribution in [0.25, 0.3) is 10.9 Å². The van der Waals surface area contributed by atoms with Gasteiger partial charge in [0.1, 0.15) is 0 Å². The SMILES string of the molecule is Cn1cc(C(=O)NNC(=O)Cc2c(Cl)cccc2Cl)c2ccccc21. The molecular weight excluding hydrogens is 361 g/mol. The highest BCUT2D eigenvalue weighted by Gasteiger charge is 2.15. The Morgan fingerprint density at radius 3 is 2.40 bits per heavy atom. The first-order valence-electron chi connectivity index (χ1n) is 7.53. The second-order valence-corrected chi connectivity index (χ2v) is 6.36.